The summed E-state index contributed by atoms with van der Waals surface area (Å²) in [6, 6.07) is 26.5. The van der Waals surface area contributed by atoms with E-state index in [1.807, 2.05) is 51.1 Å². The predicted octanol–water partition coefficient (Wildman–Crippen LogP) is 6.64. The van der Waals surface area contributed by atoms with E-state index in [1.165, 1.54) is 11.1 Å². The molecular weight excluding hydrogens is 704 g/mol. The first kappa shape index (κ1) is 40.0. The molecule has 5 rings (SSSR count). The van der Waals surface area contributed by atoms with Crippen LogP contribution in [0.3, 0.4) is 0 Å². The maximum atomic E-state index is 13.8. The van der Waals surface area contributed by atoms with E-state index in [1.54, 1.807) is 34.1 Å². The van der Waals surface area contributed by atoms with Gasteiger partial charge in [0.05, 0.1) is 35.3 Å². The Bertz CT molecular complexity index is 1940. The quantitative estimate of drug-likeness (QED) is 0.138. The molecule has 0 spiro atoms. The molecule has 3 N–H and O–H groups in total. The molecule has 1 aliphatic rings. The first-order valence-corrected chi connectivity index (χ1v) is 18.6. The van der Waals surface area contributed by atoms with E-state index in [4.69, 9.17) is 20.8 Å². The topological polar surface area (TPSA) is 140 Å². The van der Waals surface area contributed by atoms with E-state index in [-0.39, 0.29) is 30.5 Å². The molecule has 2 heterocycles. The van der Waals surface area contributed by atoms with Gasteiger partial charge in [0.15, 0.2) is 0 Å². The summed E-state index contributed by atoms with van der Waals surface area (Å²) in [6.07, 6.45) is 0.0604. The van der Waals surface area contributed by atoms with Crippen LogP contribution in [-0.2, 0) is 22.5 Å². The number of carbonyl (C=O) groups excluding carboxylic acids is 3. The van der Waals surface area contributed by atoms with Gasteiger partial charge < -0.3 is 34.9 Å². The summed E-state index contributed by atoms with van der Waals surface area (Å²) in [5.74, 6) is 0.905. The lowest BCUT2D eigenvalue weighted by molar-refractivity contribution is -0.132. The molecule has 3 amide bonds. The van der Waals surface area contributed by atoms with Gasteiger partial charge in [0.25, 0.3) is 5.91 Å². The molecule has 1 fully saturated rings. The van der Waals surface area contributed by atoms with Crippen molar-refractivity contribution in [2.24, 2.45) is 0 Å². The summed E-state index contributed by atoms with van der Waals surface area (Å²) >= 11 is 6.58. The second-order valence-electron chi connectivity index (χ2n) is 14.6. The van der Waals surface area contributed by atoms with Gasteiger partial charge >= 0.3 is 6.09 Å². The predicted molar refractivity (Wildman–Crippen MR) is 209 cm³/mol. The maximum absolute atomic E-state index is 13.8. The van der Waals surface area contributed by atoms with Crippen LogP contribution in [0.25, 0.3) is 11.3 Å². The van der Waals surface area contributed by atoms with E-state index in [0.717, 1.165) is 11.3 Å². The lowest BCUT2D eigenvalue weighted by Crippen LogP contribution is -2.53. The van der Waals surface area contributed by atoms with E-state index in [0.29, 0.717) is 73.2 Å². The van der Waals surface area contributed by atoms with Crippen molar-refractivity contribution >= 4 is 29.5 Å². The molecule has 12 heteroatoms. The van der Waals surface area contributed by atoms with Crippen LogP contribution >= 0.6 is 11.6 Å². The fourth-order valence-electron chi connectivity index (χ4n) is 6.07. The van der Waals surface area contributed by atoms with Gasteiger partial charge in [-0.05, 0) is 94.6 Å². The number of carbonyl (C=O) groups is 3. The zero-order valence-electron chi connectivity index (χ0n) is 31.6. The third kappa shape index (κ3) is 11.4. The van der Waals surface area contributed by atoms with Crippen LogP contribution in [-0.4, -0.2) is 78.6 Å². The molecule has 0 saturated carbocycles. The second kappa shape index (κ2) is 18.3. The first-order chi connectivity index (χ1) is 25.8. The number of nitrogens with one attached hydrogen (secondary N) is 3. The minimum absolute atomic E-state index is 0.0574. The molecule has 0 bridgehead atoms. The number of hydrogen-bond acceptors (Lipinski definition) is 8. The number of amides is 3. The molecule has 3 aromatic carbocycles. The molecular formula is C42H49ClN6O5. The molecule has 0 radical (unpaired) electrons. The lowest BCUT2D eigenvalue weighted by atomic mass is 10.0. The largest absolute Gasteiger partial charge is 0.460 e. The molecule has 2 atom stereocenters. The fourth-order valence-corrected chi connectivity index (χ4v) is 6.28. The molecule has 1 aromatic heterocycles. The van der Waals surface area contributed by atoms with Crippen LogP contribution < -0.4 is 16.0 Å². The first-order valence-electron chi connectivity index (χ1n) is 18.2. The molecule has 4 aromatic rings. The number of furan rings is 1. The Kier molecular flexibility index (Phi) is 13.5. The van der Waals surface area contributed by atoms with Gasteiger partial charge in [-0.15, -0.1) is 0 Å². The van der Waals surface area contributed by atoms with E-state index in [2.05, 4.69) is 60.1 Å². The average Bonchev–Trinajstić information content (AvgIpc) is 3.63. The number of piperazine rings is 1. The van der Waals surface area contributed by atoms with Crippen molar-refractivity contribution in [1.82, 2.24) is 25.8 Å². The highest BCUT2D eigenvalue weighted by Gasteiger charge is 2.28. The van der Waals surface area contributed by atoms with Crippen LogP contribution in [0.5, 0.6) is 0 Å². The number of ether oxygens (including phenoxy) is 1. The highest BCUT2D eigenvalue weighted by molar-refractivity contribution is 6.34. The van der Waals surface area contributed by atoms with Crippen LogP contribution in [0.2, 0.25) is 5.02 Å². The summed E-state index contributed by atoms with van der Waals surface area (Å²) in [7, 11) is 0. The van der Waals surface area contributed by atoms with Crippen LogP contribution in [0.15, 0.2) is 83.3 Å². The van der Waals surface area contributed by atoms with Crippen molar-refractivity contribution in [2.75, 3.05) is 39.3 Å². The highest BCUT2D eigenvalue weighted by Crippen LogP contribution is 2.28. The summed E-state index contributed by atoms with van der Waals surface area (Å²) in [5.41, 5.74) is 4.27. The number of halogens is 1. The van der Waals surface area contributed by atoms with Crippen LogP contribution in [0.4, 0.5) is 4.79 Å². The number of benzene rings is 3. The number of rotatable bonds is 13. The Labute approximate surface area is 322 Å². The lowest BCUT2D eigenvalue weighted by Gasteiger charge is -2.35. The normalized spacial score (nSPS) is 14.2. The van der Waals surface area contributed by atoms with Crippen molar-refractivity contribution in [2.45, 2.75) is 65.3 Å². The molecule has 1 saturated heterocycles. The number of nitriles is 1. The van der Waals surface area contributed by atoms with Crippen molar-refractivity contribution in [3.05, 3.63) is 117 Å². The zero-order chi connectivity index (χ0) is 38.8. The molecule has 0 unspecified atom stereocenters. The smallest absolute Gasteiger partial charge is 0.410 e. The van der Waals surface area contributed by atoms with Gasteiger partial charge in [-0.3, -0.25) is 9.59 Å². The van der Waals surface area contributed by atoms with Gasteiger partial charge in [0.1, 0.15) is 17.1 Å². The van der Waals surface area contributed by atoms with Gasteiger partial charge in [-0.1, -0.05) is 53.6 Å². The van der Waals surface area contributed by atoms with Gasteiger partial charge in [-0.2, -0.15) is 5.26 Å². The van der Waals surface area contributed by atoms with Crippen molar-refractivity contribution < 1.29 is 23.5 Å². The third-order valence-corrected chi connectivity index (χ3v) is 9.50. The van der Waals surface area contributed by atoms with Crippen molar-refractivity contribution in [1.29, 1.82) is 5.26 Å². The number of aryl methyl sites for hydroxylation is 1. The molecule has 54 heavy (non-hydrogen) atoms. The molecule has 1 aliphatic heterocycles. The zero-order valence-corrected chi connectivity index (χ0v) is 32.3. The fraction of sp³-hybridized carbons (Fsp3) is 0.381. The van der Waals surface area contributed by atoms with Gasteiger partial charge in [0.2, 0.25) is 5.91 Å². The Balaban J connectivity index is 1.20. The number of nitrogens with zero attached hydrogens (tertiary/aromatic N) is 3. The van der Waals surface area contributed by atoms with Gasteiger partial charge in [-0.25, -0.2) is 4.79 Å². The third-order valence-electron chi connectivity index (χ3n) is 9.17. The Morgan fingerprint density at radius 1 is 0.944 bits per heavy atom. The Hall–Kier alpha value is -5.15. The van der Waals surface area contributed by atoms with E-state index >= 15 is 0 Å². The monoisotopic (exact) mass is 752 g/mol. The van der Waals surface area contributed by atoms with Crippen molar-refractivity contribution in [3.63, 3.8) is 0 Å². The Morgan fingerprint density at radius 3 is 2.30 bits per heavy atom. The van der Waals surface area contributed by atoms with Gasteiger partial charge in [0, 0.05) is 50.4 Å². The summed E-state index contributed by atoms with van der Waals surface area (Å²) in [6.45, 7) is 12.1. The molecule has 11 nitrogen and oxygen atoms in total. The van der Waals surface area contributed by atoms with Crippen LogP contribution in [0, 0.1) is 18.3 Å². The van der Waals surface area contributed by atoms with E-state index < -0.39 is 11.6 Å². The summed E-state index contributed by atoms with van der Waals surface area (Å²) in [4.78, 5) is 42.7. The highest BCUT2D eigenvalue weighted by atomic mass is 35.5. The minimum Gasteiger partial charge on any atom is -0.460 e. The van der Waals surface area contributed by atoms with E-state index in [9.17, 15) is 19.6 Å². The molecule has 284 valence electrons. The maximum Gasteiger partial charge on any atom is 0.410 e. The molecule has 0 aliphatic carbocycles. The summed E-state index contributed by atoms with van der Waals surface area (Å²) < 4.78 is 11.6. The van der Waals surface area contributed by atoms with Crippen LogP contribution in [0.1, 0.15) is 72.1 Å². The SMILES string of the molecule is Cc1ccc([C@@H](C)NCc2ccc(-c3ccc(Cl)c(C(=O)N[C@@H](CNCC(=O)N4CCN(C(=O)OC(C)(C)C)CC4)Cc4ccc(C#N)cc4)c3)o2)cc1. The Morgan fingerprint density at radius 2 is 1.63 bits per heavy atom. The average molecular weight is 753 g/mol. The standard InChI is InChI=1S/C42H49ClN6O5/c1-28-6-12-32(13-7-28)29(2)46-26-35-15-17-38(53-35)33-14-16-37(43)36(23-33)40(51)47-34(22-30-8-10-31(24-44)11-9-30)25-45-27-39(50)48-18-20-49(21-19-48)41(52)54-42(3,4)5/h6-17,23,29,34,45-46H,18-22,25-27H2,1-5H3,(H,47,51)/t29-,34-/m1/s1. The summed E-state index contributed by atoms with van der Waals surface area (Å²) in [5, 5.41) is 19.4. The van der Waals surface area contributed by atoms with Crippen molar-refractivity contribution in [3.8, 4) is 17.4 Å². The minimum atomic E-state index is -0.589. The number of hydrogen-bond donors (Lipinski definition) is 3. The second-order valence-corrected chi connectivity index (χ2v) is 15.0.